The lowest BCUT2D eigenvalue weighted by Crippen LogP contribution is -2.37. The molecular formula is C27H23N5O2. The highest BCUT2D eigenvalue weighted by atomic mass is 16.2. The first-order valence-corrected chi connectivity index (χ1v) is 11.3. The summed E-state index contributed by atoms with van der Waals surface area (Å²) < 4.78 is 1.32. The minimum Gasteiger partial charge on any atom is -0.370 e. The van der Waals surface area contributed by atoms with E-state index in [4.69, 9.17) is 5.26 Å². The monoisotopic (exact) mass is 449 g/mol. The van der Waals surface area contributed by atoms with Crippen LogP contribution in [0.2, 0.25) is 0 Å². The molecule has 3 aromatic carbocycles. The molecule has 5 rings (SSSR count). The molecule has 7 nitrogen and oxygen atoms in total. The molecule has 4 aromatic rings. The molecule has 1 fully saturated rings. The van der Waals surface area contributed by atoms with Crippen molar-refractivity contribution in [2.45, 2.75) is 6.42 Å². The number of nitriles is 1. The fourth-order valence-corrected chi connectivity index (χ4v) is 4.37. The lowest BCUT2D eigenvalue weighted by atomic mass is 10.1. The van der Waals surface area contributed by atoms with Crippen LogP contribution in [0.4, 0.5) is 5.69 Å². The normalized spacial score (nSPS) is 14.0. The maximum Gasteiger partial charge on any atom is 0.279 e. The van der Waals surface area contributed by atoms with E-state index in [1.807, 2.05) is 53.4 Å². The smallest absolute Gasteiger partial charge is 0.279 e. The highest BCUT2D eigenvalue weighted by Crippen LogP contribution is 2.20. The molecule has 0 spiro atoms. The molecule has 1 saturated heterocycles. The molecule has 1 amide bonds. The quantitative estimate of drug-likeness (QED) is 0.477. The van der Waals surface area contributed by atoms with Crippen LogP contribution in [0.25, 0.3) is 16.5 Å². The summed E-state index contributed by atoms with van der Waals surface area (Å²) in [6.07, 6.45) is 0.808. The molecule has 0 unspecified atom stereocenters. The Morgan fingerprint density at radius 2 is 1.50 bits per heavy atom. The van der Waals surface area contributed by atoms with Gasteiger partial charge in [-0.3, -0.25) is 9.59 Å². The van der Waals surface area contributed by atoms with Gasteiger partial charge in [0.1, 0.15) is 0 Å². The topological polar surface area (TPSA) is 82.2 Å². The molecule has 0 bridgehead atoms. The van der Waals surface area contributed by atoms with Crippen LogP contribution in [0.1, 0.15) is 22.5 Å². The third-order valence-electron chi connectivity index (χ3n) is 6.15. The Morgan fingerprint density at radius 3 is 2.24 bits per heavy atom. The van der Waals surface area contributed by atoms with Crippen molar-refractivity contribution in [1.29, 1.82) is 5.26 Å². The number of anilines is 1. The Balaban J connectivity index is 1.47. The summed E-state index contributed by atoms with van der Waals surface area (Å²) in [5.41, 5.74) is 2.32. The van der Waals surface area contributed by atoms with E-state index in [9.17, 15) is 9.59 Å². The summed E-state index contributed by atoms with van der Waals surface area (Å²) in [6, 6.07) is 26.0. The predicted molar refractivity (Wildman–Crippen MR) is 131 cm³/mol. The summed E-state index contributed by atoms with van der Waals surface area (Å²) in [6.45, 7) is 2.63. The Morgan fingerprint density at radius 1 is 0.794 bits per heavy atom. The van der Waals surface area contributed by atoms with Crippen molar-refractivity contribution < 1.29 is 4.79 Å². The van der Waals surface area contributed by atoms with E-state index in [0.29, 0.717) is 41.7 Å². The molecule has 168 valence electrons. The van der Waals surface area contributed by atoms with E-state index in [1.165, 1.54) is 4.68 Å². The largest absolute Gasteiger partial charge is 0.370 e. The van der Waals surface area contributed by atoms with Crippen molar-refractivity contribution in [3.8, 4) is 11.8 Å². The van der Waals surface area contributed by atoms with E-state index >= 15 is 0 Å². The maximum atomic E-state index is 13.7. The number of hydrogen-bond acceptors (Lipinski definition) is 5. The van der Waals surface area contributed by atoms with Gasteiger partial charge in [-0.2, -0.15) is 15.0 Å². The summed E-state index contributed by atoms with van der Waals surface area (Å²) >= 11 is 0. The van der Waals surface area contributed by atoms with Gasteiger partial charge in [0.2, 0.25) is 0 Å². The van der Waals surface area contributed by atoms with E-state index in [2.05, 4.69) is 16.1 Å². The van der Waals surface area contributed by atoms with Crippen molar-refractivity contribution in [3.63, 3.8) is 0 Å². The first-order chi connectivity index (χ1) is 16.7. The standard InChI is InChI=1S/C27H23N5O2/c28-19-20-11-13-21(14-12-20)30-15-6-16-31(18-17-30)27(34)25-23-9-4-5-10-24(23)26(33)32(29-25)22-7-2-1-3-8-22/h1-5,7-14H,6,15-18H2. The summed E-state index contributed by atoms with van der Waals surface area (Å²) in [5.74, 6) is -0.178. The zero-order valence-electron chi connectivity index (χ0n) is 18.6. The maximum absolute atomic E-state index is 13.7. The second-order valence-electron chi connectivity index (χ2n) is 8.24. The Hall–Kier alpha value is -4.44. The van der Waals surface area contributed by atoms with Crippen molar-refractivity contribution in [2.75, 3.05) is 31.1 Å². The van der Waals surface area contributed by atoms with Gasteiger partial charge in [-0.1, -0.05) is 36.4 Å². The molecule has 0 saturated carbocycles. The van der Waals surface area contributed by atoms with Crippen LogP contribution < -0.4 is 10.5 Å². The third kappa shape index (κ3) is 4.02. The number of amides is 1. The van der Waals surface area contributed by atoms with Crippen molar-refractivity contribution in [1.82, 2.24) is 14.7 Å². The molecule has 1 aromatic heterocycles. The molecule has 1 aliphatic heterocycles. The highest BCUT2D eigenvalue weighted by Gasteiger charge is 2.25. The number of para-hydroxylation sites is 1. The molecule has 0 N–H and O–H groups in total. The highest BCUT2D eigenvalue weighted by molar-refractivity contribution is 6.04. The summed E-state index contributed by atoms with van der Waals surface area (Å²) in [4.78, 5) is 30.9. The van der Waals surface area contributed by atoms with E-state index in [1.54, 1.807) is 30.3 Å². The van der Waals surface area contributed by atoms with Gasteiger partial charge in [0.25, 0.3) is 11.5 Å². The molecule has 7 heteroatoms. The van der Waals surface area contributed by atoms with Crippen molar-refractivity contribution in [3.05, 3.63) is 100 Å². The van der Waals surface area contributed by atoms with Crippen LogP contribution in [0.3, 0.4) is 0 Å². The minimum absolute atomic E-state index is 0.178. The van der Waals surface area contributed by atoms with E-state index < -0.39 is 0 Å². The zero-order chi connectivity index (χ0) is 23.5. The van der Waals surface area contributed by atoms with Crippen molar-refractivity contribution in [2.24, 2.45) is 0 Å². The Kier molecular flexibility index (Phi) is 5.79. The lowest BCUT2D eigenvalue weighted by Gasteiger charge is -2.24. The van der Waals surface area contributed by atoms with Crippen LogP contribution >= 0.6 is 0 Å². The van der Waals surface area contributed by atoms with Gasteiger partial charge >= 0.3 is 0 Å². The lowest BCUT2D eigenvalue weighted by molar-refractivity contribution is 0.0761. The van der Waals surface area contributed by atoms with Crippen molar-refractivity contribution >= 4 is 22.4 Å². The fourth-order valence-electron chi connectivity index (χ4n) is 4.37. The Bertz CT molecular complexity index is 1440. The van der Waals surface area contributed by atoms with E-state index in [-0.39, 0.29) is 17.2 Å². The predicted octanol–water partition coefficient (Wildman–Crippen LogP) is 3.61. The second-order valence-corrected chi connectivity index (χ2v) is 8.24. The van der Waals surface area contributed by atoms with Crippen LogP contribution in [0.15, 0.2) is 83.7 Å². The molecule has 0 aliphatic carbocycles. The SMILES string of the molecule is N#Cc1ccc(N2CCCN(C(=O)c3nn(-c4ccccc4)c(=O)c4ccccc34)CC2)cc1. The van der Waals surface area contributed by atoms with Gasteiger partial charge in [-0.15, -0.1) is 0 Å². The average molecular weight is 450 g/mol. The summed E-state index contributed by atoms with van der Waals surface area (Å²) in [7, 11) is 0. The molecule has 0 atom stereocenters. The molecule has 2 heterocycles. The van der Waals surface area contributed by atoms with Gasteiger partial charge in [-0.25, -0.2) is 0 Å². The average Bonchev–Trinajstić information content (AvgIpc) is 3.16. The number of benzene rings is 3. The number of hydrogen-bond donors (Lipinski definition) is 0. The number of aromatic nitrogens is 2. The number of nitrogens with zero attached hydrogens (tertiary/aromatic N) is 5. The van der Waals surface area contributed by atoms with Gasteiger partial charge in [0.15, 0.2) is 5.69 Å². The molecular weight excluding hydrogens is 426 g/mol. The Labute approximate surface area is 197 Å². The molecule has 1 aliphatic rings. The second kappa shape index (κ2) is 9.20. The fraction of sp³-hybridized carbons (Fsp3) is 0.185. The van der Waals surface area contributed by atoms with E-state index in [0.717, 1.165) is 18.7 Å². The number of rotatable bonds is 3. The van der Waals surface area contributed by atoms with Gasteiger partial charge in [0, 0.05) is 37.3 Å². The first-order valence-electron chi connectivity index (χ1n) is 11.3. The number of fused-ring (bicyclic) bond motifs is 1. The van der Waals surface area contributed by atoms with Crippen LogP contribution in [0.5, 0.6) is 0 Å². The molecule has 34 heavy (non-hydrogen) atoms. The molecule has 0 radical (unpaired) electrons. The van der Waals surface area contributed by atoms with Gasteiger partial charge in [0.05, 0.1) is 22.7 Å². The minimum atomic E-state index is -0.249. The third-order valence-corrected chi connectivity index (χ3v) is 6.15. The number of carbonyl (C=O) groups is 1. The summed E-state index contributed by atoms with van der Waals surface area (Å²) in [5, 5.41) is 14.6. The zero-order valence-corrected chi connectivity index (χ0v) is 18.6. The van der Waals surface area contributed by atoms with Crippen LogP contribution in [-0.4, -0.2) is 46.8 Å². The van der Waals surface area contributed by atoms with Crippen LogP contribution in [0, 0.1) is 11.3 Å². The van der Waals surface area contributed by atoms with Gasteiger partial charge < -0.3 is 9.80 Å². The van der Waals surface area contributed by atoms with Gasteiger partial charge in [-0.05, 0) is 48.9 Å². The number of carbonyl (C=O) groups excluding carboxylic acids is 1. The van der Waals surface area contributed by atoms with Crippen LogP contribution in [-0.2, 0) is 0 Å². The first kappa shape index (κ1) is 21.4.